The number of carbonyl (C=O) groups is 3. The highest BCUT2D eigenvalue weighted by Crippen LogP contribution is 2.25. The lowest BCUT2D eigenvalue weighted by Crippen LogP contribution is -2.30. The predicted octanol–water partition coefficient (Wildman–Crippen LogP) is 7.19. The Morgan fingerprint density at radius 1 is 0.784 bits per heavy atom. The van der Waals surface area contributed by atoms with Gasteiger partial charge in [0.1, 0.15) is 22.9 Å². The van der Waals surface area contributed by atoms with Gasteiger partial charge in [-0.25, -0.2) is 4.68 Å². The fourth-order valence-electron chi connectivity index (χ4n) is 5.26. The summed E-state index contributed by atoms with van der Waals surface area (Å²) in [6.07, 6.45) is 1.49. The first kappa shape index (κ1) is 34.5. The Balaban J connectivity index is 1.12. The number of rotatable bonds is 11. The molecule has 0 unspecified atom stereocenters. The minimum Gasteiger partial charge on any atom is -0.457 e. The van der Waals surface area contributed by atoms with E-state index in [9.17, 15) is 19.2 Å². The molecule has 11 heteroatoms. The van der Waals surface area contributed by atoms with Gasteiger partial charge in [0.05, 0.1) is 17.1 Å². The summed E-state index contributed by atoms with van der Waals surface area (Å²) in [6.45, 7) is 3.78. The fourth-order valence-corrected chi connectivity index (χ4v) is 5.96. The Morgan fingerprint density at radius 3 is 2.14 bits per heavy atom. The van der Waals surface area contributed by atoms with E-state index in [2.05, 4.69) is 16.0 Å². The minimum atomic E-state index is -0.549. The number of hydrogen-bond donors (Lipinski definition) is 3. The van der Waals surface area contributed by atoms with Crippen LogP contribution < -0.4 is 21.5 Å². The number of amides is 3. The zero-order valence-electron chi connectivity index (χ0n) is 28.2. The van der Waals surface area contributed by atoms with Crippen LogP contribution >= 0.6 is 11.8 Å². The second kappa shape index (κ2) is 15.5. The summed E-state index contributed by atoms with van der Waals surface area (Å²) in [6, 6.07) is 36.2. The van der Waals surface area contributed by atoms with Crippen molar-refractivity contribution in [1.82, 2.24) is 14.7 Å². The molecule has 3 N–H and O–H groups in total. The van der Waals surface area contributed by atoms with E-state index in [1.807, 2.05) is 67.6 Å². The Kier molecular flexibility index (Phi) is 10.5. The van der Waals surface area contributed by atoms with Crippen LogP contribution in [0.15, 0.2) is 141 Å². The number of furan rings is 1. The normalized spacial score (nSPS) is 11.2. The molecule has 2 aromatic heterocycles. The quantitative estimate of drug-likeness (QED) is 0.0972. The summed E-state index contributed by atoms with van der Waals surface area (Å²) in [7, 11) is 1.77. The molecule has 0 saturated carbocycles. The first-order valence-corrected chi connectivity index (χ1v) is 17.1. The molecular weight excluding hydrogens is 663 g/mol. The van der Waals surface area contributed by atoms with Crippen LogP contribution in [0.2, 0.25) is 0 Å². The molecule has 0 aliphatic carbocycles. The lowest BCUT2D eigenvalue weighted by Gasteiger charge is -2.11. The number of nitrogens with zero attached hydrogens (tertiary/aromatic N) is 2. The Labute approximate surface area is 298 Å². The van der Waals surface area contributed by atoms with E-state index in [1.165, 1.54) is 22.5 Å². The summed E-state index contributed by atoms with van der Waals surface area (Å²) < 4.78 is 9.22. The lowest BCUT2D eigenvalue weighted by molar-refractivity contribution is -0.114. The highest BCUT2D eigenvalue weighted by molar-refractivity contribution is 8.00. The molecule has 4 aromatic carbocycles. The van der Waals surface area contributed by atoms with Gasteiger partial charge in [-0.2, -0.15) is 0 Å². The molecule has 0 fully saturated rings. The molecule has 0 aliphatic heterocycles. The standard InChI is InChI=1S/C40H35N5O5S/c1-26-14-16-28(17-15-26)35-23-20-32(50-35)24-34(42-38(47)29-10-6-4-7-11-29)39(48)41-30-18-21-33(22-19-30)51-25-36(46)43-37-27(2)44(3)45(40(37)49)31-12-8-5-9-13-31/h4-24H,25H2,1-3H3,(H,41,48)(H,42,47)(H,43,46)/b34-24-. The van der Waals surface area contributed by atoms with Crippen molar-refractivity contribution in [1.29, 1.82) is 0 Å². The average molecular weight is 698 g/mol. The van der Waals surface area contributed by atoms with Gasteiger partial charge in [-0.05, 0) is 74.5 Å². The maximum atomic E-state index is 13.5. The fraction of sp³-hybridized carbons (Fsp3) is 0.100. The van der Waals surface area contributed by atoms with Gasteiger partial charge in [-0.3, -0.25) is 23.9 Å². The number of carbonyl (C=O) groups excluding carboxylic acids is 3. The number of nitrogens with one attached hydrogen (secondary N) is 3. The molecule has 0 radical (unpaired) electrons. The third-order valence-electron chi connectivity index (χ3n) is 8.08. The first-order valence-electron chi connectivity index (χ1n) is 16.1. The molecule has 0 bridgehead atoms. The van der Waals surface area contributed by atoms with Crippen molar-refractivity contribution < 1.29 is 18.8 Å². The second-order valence-electron chi connectivity index (χ2n) is 11.7. The molecule has 0 aliphatic rings. The van der Waals surface area contributed by atoms with Crippen LogP contribution in [0.5, 0.6) is 0 Å². The number of hydrogen-bond acceptors (Lipinski definition) is 6. The molecule has 6 rings (SSSR count). The Hall–Kier alpha value is -6.33. The lowest BCUT2D eigenvalue weighted by atomic mass is 10.1. The van der Waals surface area contributed by atoms with Crippen LogP contribution in [0, 0.1) is 13.8 Å². The summed E-state index contributed by atoms with van der Waals surface area (Å²) in [5.74, 6) is -0.240. The van der Waals surface area contributed by atoms with Gasteiger partial charge < -0.3 is 20.4 Å². The number of aryl methyl sites for hydroxylation is 1. The smallest absolute Gasteiger partial charge is 0.295 e. The minimum absolute atomic E-state index is 0.00804. The van der Waals surface area contributed by atoms with Crippen LogP contribution in [0.25, 0.3) is 23.1 Å². The van der Waals surface area contributed by atoms with Gasteiger partial charge >= 0.3 is 0 Å². The van der Waals surface area contributed by atoms with Gasteiger partial charge in [0, 0.05) is 34.8 Å². The van der Waals surface area contributed by atoms with Crippen LogP contribution in [-0.4, -0.2) is 32.8 Å². The molecule has 10 nitrogen and oxygen atoms in total. The second-order valence-corrected chi connectivity index (χ2v) is 12.7. The number of aromatic nitrogens is 2. The van der Waals surface area contributed by atoms with Crippen molar-refractivity contribution in [2.45, 2.75) is 18.7 Å². The van der Waals surface area contributed by atoms with Crippen molar-refractivity contribution in [2.24, 2.45) is 7.05 Å². The third-order valence-corrected chi connectivity index (χ3v) is 9.09. The van der Waals surface area contributed by atoms with E-state index in [0.29, 0.717) is 34.2 Å². The number of thioether (sulfide) groups is 1. The van der Waals surface area contributed by atoms with E-state index < -0.39 is 11.8 Å². The maximum Gasteiger partial charge on any atom is 0.295 e. The molecule has 0 atom stereocenters. The zero-order valence-corrected chi connectivity index (χ0v) is 29.0. The van der Waals surface area contributed by atoms with E-state index >= 15 is 0 Å². The summed E-state index contributed by atoms with van der Waals surface area (Å²) in [5.41, 5.74) is 4.13. The molecule has 0 spiro atoms. The zero-order chi connectivity index (χ0) is 35.9. The van der Waals surface area contributed by atoms with E-state index in [0.717, 1.165) is 16.0 Å². The molecule has 0 saturated heterocycles. The molecule has 256 valence electrons. The van der Waals surface area contributed by atoms with Crippen LogP contribution in [-0.2, 0) is 16.6 Å². The van der Waals surface area contributed by atoms with Crippen LogP contribution in [0.3, 0.4) is 0 Å². The largest absolute Gasteiger partial charge is 0.457 e. The average Bonchev–Trinajstić information content (AvgIpc) is 3.70. The number of anilines is 2. The SMILES string of the molecule is Cc1ccc(-c2ccc(/C=C(\NC(=O)c3ccccc3)C(=O)Nc3ccc(SCC(=O)Nc4c(C)n(C)n(-c5ccccc5)c4=O)cc3)o2)cc1. The van der Waals surface area contributed by atoms with Crippen LogP contribution in [0.1, 0.15) is 27.4 Å². The van der Waals surface area contributed by atoms with Gasteiger partial charge in [0.25, 0.3) is 17.4 Å². The molecule has 51 heavy (non-hydrogen) atoms. The van der Waals surface area contributed by atoms with Gasteiger partial charge in [-0.15, -0.1) is 11.8 Å². The highest BCUT2D eigenvalue weighted by atomic mass is 32.2. The molecular formula is C40H35N5O5S. The summed E-state index contributed by atoms with van der Waals surface area (Å²) >= 11 is 1.29. The van der Waals surface area contributed by atoms with Crippen molar-refractivity contribution in [3.63, 3.8) is 0 Å². The van der Waals surface area contributed by atoms with E-state index in [-0.39, 0.29) is 28.6 Å². The monoisotopic (exact) mass is 697 g/mol. The maximum absolute atomic E-state index is 13.5. The number of para-hydroxylation sites is 1. The summed E-state index contributed by atoms with van der Waals surface area (Å²) in [4.78, 5) is 53.4. The van der Waals surface area contributed by atoms with Crippen molar-refractivity contribution in [3.05, 3.63) is 160 Å². The Bertz CT molecular complexity index is 2270. The highest BCUT2D eigenvalue weighted by Gasteiger charge is 2.19. The molecule has 3 amide bonds. The van der Waals surface area contributed by atoms with Gasteiger partial charge in [0.2, 0.25) is 5.91 Å². The van der Waals surface area contributed by atoms with Gasteiger partial charge in [-0.1, -0.05) is 66.2 Å². The van der Waals surface area contributed by atoms with Crippen molar-refractivity contribution in [3.8, 4) is 17.0 Å². The predicted molar refractivity (Wildman–Crippen MR) is 201 cm³/mol. The van der Waals surface area contributed by atoms with Crippen molar-refractivity contribution >= 4 is 46.9 Å². The van der Waals surface area contributed by atoms with Crippen LogP contribution in [0.4, 0.5) is 11.4 Å². The first-order chi connectivity index (χ1) is 24.7. The molecule has 6 aromatic rings. The van der Waals surface area contributed by atoms with Gasteiger partial charge in [0.15, 0.2) is 0 Å². The van der Waals surface area contributed by atoms with E-state index in [1.54, 1.807) is 79.3 Å². The van der Waals surface area contributed by atoms with E-state index in [4.69, 9.17) is 4.42 Å². The topological polar surface area (TPSA) is 127 Å². The Morgan fingerprint density at radius 2 is 1.45 bits per heavy atom. The van der Waals surface area contributed by atoms with Crippen molar-refractivity contribution in [2.75, 3.05) is 16.4 Å². The molecule has 2 heterocycles. The number of benzene rings is 4. The third kappa shape index (κ3) is 8.28. The summed E-state index contributed by atoms with van der Waals surface area (Å²) in [5, 5.41) is 8.32.